The number of likely N-dealkylation sites (tertiary alicyclic amines) is 1. The molecule has 5 aromatic rings. The number of anilines is 3. The Kier molecular flexibility index (Phi) is 6.31. The molecule has 38 heavy (non-hydrogen) atoms. The molecule has 1 aliphatic rings. The largest absolute Gasteiger partial charge is 0.457 e. The summed E-state index contributed by atoms with van der Waals surface area (Å²) < 4.78 is 7.89. The second-order valence-corrected chi connectivity index (χ2v) is 9.18. The number of nitrogens with zero attached hydrogens (tertiary/aromatic N) is 5. The predicted octanol–water partition coefficient (Wildman–Crippen LogP) is 5.23. The molecule has 0 bridgehead atoms. The van der Waals surface area contributed by atoms with E-state index in [-0.39, 0.29) is 5.91 Å². The van der Waals surface area contributed by atoms with Gasteiger partial charge in [0.05, 0.1) is 6.33 Å². The van der Waals surface area contributed by atoms with Crippen LogP contribution in [0.5, 0.6) is 11.5 Å². The average Bonchev–Trinajstić information content (AvgIpc) is 3.54. The molecular formula is C29H27N7O2. The molecule has 6 rings (SSSR count). The van der Waals surface area contributed by atoms with Crippen LogP contribution in [0, 0.1) is 0 Å². The predicted molar refractivity (Wildman–Crippen MR) is 147 cm³/mol. The summed E-state index contributed by atoms with van der Waals surface area (Å²) >= 11 is 0. The minimum Gasteiger partial charge on any atom is -0.457 e. The zero-order chi connectivity index (χ0) is 25.9. The Hall–Kier alpha value is -4.92. The van der Waals surface area contributed by atoms with Crippen molar-refractivity contribution < 1.29 is 9.53 Å². The molecule has 3 heterocycles. The van der Waals surface area contributed by atoms with Crippen molar-refractivity contribution in [2.45, 2.75) is 19.4 Å². The second-order valence-electron chi connectivity index (χ2n) is 9.18. The fraction of sp³-hybridized carbons (Fsp3) is 0.172. The highest BCUT2D eigenvalue weighted by atomic mass is 16.5. The van der Waals surface area contributed by atoms with Crippen molar-refractivity contribution in [2.75, 3.05) is 24.1 Å². The molecule has 9 nitrogen and oxygen atoms in total. The molecule has 0 aliphatic carbocycles. The highest BCUT2D eigenvalue weighted by Crippen LogP contribution is 2.29. The number of nitrogens with two attached hydrogens (primary N) is 1. The summed E-state index contributed by atoms with van der Waals surface area (Å²) in [5.41, 5.74) is 9.66. The lowest BCUT2D eigenvalue weighted by Crippen LogP contribution is -2.28. The number of nitrogen functional groups attached to an aromatic ring is 1. The number of carbonyl (C=O) groups is 1. The third-order valence-corrected chi connectivity index (χ3v) is 6.49. The summed E-state index contributed by atoms with van der Waals surface area (Å²) in [5.74, 6) is 2.83. The molecule has 1 aliphatic heterocycles. The minimum absolute atomic E-state index is 0.201. The van der Waals surface area contributed by atoms with E-state index >= 15 is 0 Å². The Balaban J connectivity index is 1.31. The van der Waals surface area contributed by atoms with Gasteiger partial charge in [0, 0.05) is 43.0 Å². The fourth-order valence-corrected chi connectivity index (χ4v) is 4.54. The SMILES string of the molecule is Nc1cccc(-c2nc(Nc3ccc(Oc4ccccc4)cc3)c3ncn(CCN4CCCC4=O)c3n2)c1. The molecule has 3 aromatic carbocycles. The van der Waals surface area contributed by atoms with Crippen LogP contribution in [-0.4, -0.2) is 43.4 Å². The van der Waals surface area contributed by atoms with Crippen molar-refractivity contribution in [3.63, 3.8) is 0 Å². The topological polar surface area (TPSA) is 111 Å². The van der Waals surface area contributed by atoms with E-state index in [4.69, 9.17) is 20.4 Å². The monoisotopic (exact) mass is 505 g/mol. The minimum atomic E-state index is 0.201. The maximum Gasteiger partial charge on any atom is 0.222 e. The number of fused-ring (bicyclic) bond motifs is 1. The number of hydrogen-bond acceptors (Lipinski definition) is 7. The smallest absolute Gasteiger partial charge is 0.222 e. The zero-order valence-corrected chi connectivity index (χ0v) is 20.7. The fourth-order valence-electron chi connectivity index (χ4n) is 4.54. The van der Waals surface area contributed by atoms with Gasteiger partial charge < -0.3 is 25.3 Å². The Morgan fingerprint density at radius 1 is 0.921 bits per heavy atom. The first-order chi connectivity index (χ1) is 18.6. The normalized spacial score (nSPS) is 13.3. The number of para-hydroxylation sites is 1. The number of hydrogen-bond donors (Lipinski definition) is 2. The van der Waals surface area contributed by atoms with Gasteiger partial charge in [-0.15, -0.1) is 0 Å². The van der Waals surface area contributed by atoms with Crippen LogP contribution in [0.1, 0.15) is 12.8 Å². The Labute approximate surface area is 219 Å². The molecule has 1 fully saturated rings. The van der Waals surface area contributed by atoms with Gasteiger partial charge in [0.25, 0.3) is 0 Å². The van der Waals surface area contributed by atoms with E-state index in [9.17, 15) is 4.79 Å². The van der Waals surface area contributed by atoms with Crippen molar-refractivity contribution in [3.05, 3.63) is 85.2 Å². The first kappa shape index (κ1) is 23.5. The van der Waals surface area contributed by atoms with Crippen LogP contribution < -0.4 is 15.8 Å². The number of rotatable bonds is 8. The van der Waals surface area contributed by atoms with Crippen LogP contribution >= 0.6 is 0 Å². The standard InChI is InChI=1S/C29H27N7O2/c30-21-7-4-6-20(18-21)27-33-28(32-22-11-13-24(14-12-22)38-23-8-2-1-3-9-23)26-29(34-27)36(19-31-26)17-16-35-15-5-10-25(35)37/h1-4,6-9,11-14,18-19H,5,10,15-17,30H2,(H,32,33,34). The number of imidazole rings is 1. The van der Waals surface area contributed by atoms with Crippen molar-refractivity contribution in [3.8, 4) is 22.9 Å². The maximum atomic E-state index is 12.1. The molecule has 0 radical (unpaired) electrons. The van der Waals surface area contributed by atoms with Gasteiger partial charge in [-0.2, -0.15) is 0 Å². The third kappa shape index (κ3) is 4.99. The molecule has 9 heteroatoms. The highest BCUT2D eigenvalue weighted by molar-refractivity contribution is 5.87. The molecule has 190 valence electrons. The lowest BCUT2D eigenvalue weighted by atomic mass is 10.2. The first-order valence-corrected chi connectivity index (χ1v) is 12.6. The average molecular weight is 506 g/mol. The molecule has 0 atom stereocenters. The Morgan fingerprint density at radius 3 is 2.50 bits per heavy atom. The Bertz CT molecular complexity index is 1580. The molecule has 2 aromatic heterocycles. The lowest BCUT2D eigenvalue weighted by Gasteiger charge is -2.16. The van der Waals surface area contributed by atoms with Crippen LogP contribution in [0.15, 0.2) is 85.2 Å². The van der Waals surface area contributed by atoms with Gasteiger partial charge >= 0.3 is 0 Å². The van der Waals surface area contributed by atoms with E-state index in [0.717, 1.165) is 35.7 Å². The summed E-state index contributed by atoms with van der Waals surface area (Å²) in [6, 6.07) is 24.8. The van der Waals surface area contributed by atoms with E-state index in [0.29, 0.717) is 48.0 Å². The van der Waals surface area contributed by atoms with E-state index in [1.54, 1.807) is 6.33 Å². The molecular weight excluding hydrogens is 478 g/mol. The van der Waals surface area contributed by atoms with Crippen LogP contribution in [0.25, 0.3) is 22.6 Å². The van der Waals surface area contributed by atoms with E-state index in [2.05, 4.69) is 10.3 Å². The van der Waals surface area contributed by atoms with Gasteiger partial charge in [-0.3, -0.25) is 4.79 Å². The molecule has 0 saturated carbocycles. The summed E-state index contributed by atoms with van der Waals surface area (Å²) in [4.78, 5) is 28.3. The van der Waals surface area contributed by atoms with Crippen LogP contribution in [-0.2, 0) is 11.3 Å². The summed E-state index contributed by atoms with van der Waals surface area (Å²) in [6.07, 6.45) is 3.29. The van der Waals surface area contributed by atoms with E-state index in [1.807, 2.05) is 88.3 Å². The Morgan fingerprint density at radius 2 is 1.74 bits per heavy atom. The van der Waals surface area contributed by atoms with Crippen LogP contribution in [0.3, 0.4) is 0 Å². The number of carbonyl (C=O) groups excluding carboxylic acids is 1. The van der Waals surface area contributed by atoms with Crippen LogP contribution in [0.4, 0.5) is 17.2 Å². The van der Waals surface area contributed by atoms with E-state index in [1.165, 1.54) is 0 Å². The summed E-state index contributed by atoms with van der Waals surface area (Å²) in [5, 5.41) is 3.40. The molecule has 1 amide bonds. The van der Waals surface area contributed by atoms with Gasteiger partial charge in [0.15, 0.2) is 22.8 Å². The van der Waals surface area contributed by atoms with Crippen molar-refractivity contribution in [1.29, 1.82) is 0 Å². The zero-order valence-electron chi connectivity index (χ0n) is 20.7. The van der Waals surface area contributed by atoms with Gasteiger partial charge in [-0.25, -0.2) is 15.0 Å². The summed E-state index contributed by atoms with van der Waals surface area (Å²) in [7, 11) is 0. The van der Waals surface area contributed by atoms with Crippen LogP contribution in [0.2, 0.25) is 0 Å². The molecule has 3 N–H and O–H groups in total. The number of ether oxygens (including phenoxy) is 1. The molecule has 1 saturated heterocycles. The highest BCUT2D eigenvalue weighted by Gasteiger charge is 2.21. The molecule has 0 spiro atoms. The quantitative estimate of drug-likeness (QED) is 0.278. The van der Waals surface area contributed by atoms with Crippen molar-refractivity contribution >= 4 is 34.3 Å². The third-order valence-electron chi connectivity index (χ3n) is 6.49. The molecule has 0 unspecified atom stereocenters. The first-order valence-electron chi connectivity index (χ1n) is 12.6. The van der Waals surface area contributed by atoms with E-state index < -0.39 is 0 Å². The van der Waals surface area contributed by atoms with Gasteiger partial charge in [0.2, 0.25) is 5.91 Å². The van der Waals surface area contributed by atoms with Gasteiger partial charge in [0.1, 0.15) is 11.5 Å². The number of benzene rings is 3. The number of amides is 1. The number of nitrogens with one attached hydrogen (secondary N) is 1. The maximum absolute atomic E-state index is 12.1. The lowest BCUT2D eigenvalue weighted by molar-refractivity contribution is -0.127. The second kappa shape index (κ2) is 10.2. The van der Waals surface area contributed by atoms with Crippen molar-refractivity contribution in [1.82, 2.24) is 24.4 Å². The summed E-state index contributed by atoms with van der Waals surface area (Å²) in [6.45, 7) is 2.01. The number of aromatic nitrogens is 4. The van der Waals surface area contributed by atoms with Gasteiger partial charge in [-0.05, 0) is 55.0 Å². The van der Waals surface area contributed by atoms with Gasteiger partial charge in [-0.1, -0.05) is 30.3 Å². The van der Waals surface area contributed by atoms with Crippen molar-refractivity contribution in [2.24, 2.45) is 0 Å².